The van der Waals surface area contributed by atoms with E-state index in [1.54, 1.807) is 17.0 Å². The van der Waals surface area contributed by atoms with E-state index in [1.807, 2.05) is 11.0 Å². The molecule has 20 heavy (non-hydrogen) atoms. The van der Waals surface area contributed by atoms with Gasteiger partial charge in [-0.15, -0.1) is 0 Å². The monoisotopic (exact) mass is 270 g/mol. The Labute approximate surface area is 116 Å². The van der Waals surface area contributed by atoms with Crippen molar-refractivity contribution in [3.8, 4) is 6.07 Å². The van der Waals surface area contributed by atoms with Crippen LogP contribution in [0.15, 0.2) is 18.3 Å². The van der Waals surface area contributed by atoms with Crippen LogP contribution in [0.2, 0.25) is 0 Å². The number of carbonyl (C=O) groups excluding carboxylic acids is 2. The summed E-state index contributed by atoms with van der Waals surface area (Å²) in [6.07, 6.45) is 2.81. The zero-order chi connectivity index (χ0) is 14.1. The van der Waals surface area contributed by atoms with Crippen LogP contribution in [-0.2, 0) is 4.79 Å². The van der Waals surface area contributed by atoms with E-state index in [1.165, 1.54) is 6.20 Å². The second-order valence-corrected chi connectivity index (χ2v) is 5.07. The van der Waals surface area contributed by atoms with E-state index in [0.29, 0.717) is 37.3 Å². The van der Waals surface area contributed by atoms with Crippen molar-refractivity contribution < 1.29 is 9.59 Å². The molecule has 0 aliphatic carbocycles. The predicted molar refractivity (Wildman–Crippen MR) is 69.6 cm³/mol. The number of piperazine rings is 1. The predicted octanol–water partition coefficient (Wildman–Crippen LogP) is 0.400. The van der Waals surface area contributed by atoms with Gasteiger partial charge in [-0.1, -0.05) is 0 Å². The molecule has 2 fully saturated rings. The topological polar surface area (TPSA) is 77.3 Å². The van der Waals surface area contributed by atoms with Gasteiger partial charge in [0.05, 0.1) is 5.56 Å². The van der Waals surface area contributed by atoms with E-state index < -0.39 is 0 Å². The Morgan fingerprint density at radius 2 is 2.25 bits per heavy atom. The van der Waals surface area contributed by atoms with Crippen molar-refractivity contribution >= 4 is 11.8 Å². The van der Waals surface area contributed by atoms with E-state index in [4.69, 9.17) is 5.26 Å². The highest BCUT2D eigenvalue weighted by molar-refractivity contribution is 5.92. The lowest BCUT2D eigenvalue weighted by atomic mass is 10.1. The second-order valence-electron chi connectivity index (χ2n) is 5.07. The molecule has 6 heteroatoms. The van der Waals surface area contributed by atoms with Crippen molar-refractivity contribution in [2.24, 2.45) is 0 Å². The number of carbonyl (C=O) groups is 2. The van der Waals surface area contributed by atoms with Gasteiger partial charge in [-0.3, -0.25) is 9.59 Å². The Balaban J connectivity index is 1.72. The first-order valence-corrected chi connectivity index (χ1v) is 6.64. The average Bonchev–Trinajstić information content (AvgIpc) is 2.87. The molecule has 1 aromatic heterocycles. The number of nitriles is 1. The number of hydrogen-bond acceptors (Lipinski definition) is 4. The Morgan fingerprint density at radius 3 is 2.95 bits per heavy atom. The highest BCUT2D eigenvalue weighted by Gasteiger charge is 2.37. The smallest absolute Gasteiger partial charge is 0.272 e. The summed E-state index contributed by atoms with van der Waals surface area (Å²) in [6.45, 7) is 1.72. The van der Waals surface area contributed by atoms with Crippen LogP contribution in [0, 0.1) is 11.3 Å². The fourth-order valence-corrected chi connectivity index (χ4v) is 2.80. The molecule has 2 aliphatic heterocycles. The molecule has 1 aromatic rings. The van der Waals surface area contributed by atoms with Gasteiger partial charge < -0.3 is 9.80 Å². The molecule has 1 atom stereocenters. The molecule has 2 aliphatic rings. The summed E-state index contributed by atoms with van der Waals surface area (Å²) < 4.78 is 0. The first kappa shape index (κ1) is 12.6. The summed E-state index contributed by atoms with van der Waals surface area (Å²) in [5.74, 6) is 0.0621. The van der Waals surface area contributed by atoms with Crippen LogP contribution >= 0.6 is 0 Å². The number of hydrogen-bond donors (Lipinski definition) is 0. The first-order valence-electron chi connectivity index (χ1n) is 6.64. The minimum Gasteiger partial charge on any atom is -0.336 e. The Morgan fingerprint density at radius 1 is 1.40 bits per heavy atom. The lowest BCUT2D eigenvalue weighted by Crippen LogP contribution is -2.53. The molecule has 0 saturated carbocycles. The van der Waals surface area contributed by atoms with Gasteiger partial charge in [0.25, 0.3) is 5.91 Å². The standard InChI is InChI=1S/C14H14N4O2/c15-7-10-1-3-12(16-8-10)14(20)17-5-6-18-11(9-17)2-4-13(18)19/h1,3,8,11H,2,4-6,9H2. The van der Waals surface area contributed by atoms with Gasteiger partial charge in [-0.2, -0.15) is 5.26 Å². The molecule has 2 amide bonds. The van der Waals surface area contributed by atoms with Crippen LogP contribution < -0.4 is 0 Å². The van der Waals surface area contributed by atoms with Gasteiger partial charge >= 0.3 is 0 Å². The minimum atomic E-state index is -0.131. The van der Waals surface area contributed by atoms with Gasteiger partial charge in [0.1, 0.15) is 11.8 Å². The maximum Gasteiger partial charge on any atom is 0.272 e. The van der Waals surface area contributed by atoms with Crippen LogP contribution in [0.4, 0.5) is 0 Å². The van der Waals surface area contributed by atoms with E-state index in [2.05, 4.69) is 4.98 Å². The van der Waals surface area contributed by atoms with Crippen LogP contribution in [-0.4, -0.2) is 52.3 Å². The normalized spacial score (nSPS) is 21.6. The van der Waals surface area contributed by atoms with Crippen molar-refractivity contribution in [2.75, 3.05) is 19.6 Å². The number of rotatable bonds is 1. The molecule has 0 bridgehead atoms. The third-order valence-electron chi connectivity index (χ3n) is 3.89. The number of nitrogens with zero attached hydrogens (tertiary/aromatic N) is 4. The average molecular weight is 270 g/mol. The van der Waals surface area contributed by atoms with Crippen molar-refractivity contribution in [1.29, 1.82) is 5.26 Å². The third-order valence-corrected chi connectivity index (χ3v) is 3.89. The Kier molecular flexibility index (Phi) is 3.11. The molecule has 102 valence electrons. The number of fused-ring (bicyclic) bond motifs is 1. The molecule has 0 N–H and O–H groups in total. The second kappa shape index (κ2) is 4.93. The molecule has 0 aromatic carbocycles. The minimum absolute atomic E-state index is 0.131. The van der Waals surface area contributed by atoms with E-state index in [9.17, 15) is 9.59 Å². The lowest BCUT2D eigenvalue weighted by Gasteiger charge is -2.37. The van der Waals surface area contributed by atoms with E-state index >= 15 is 0 Å². The highest BCUT2D eigenvalue weighted by atomic mass is 16.2. The highest BCUT2D eigenvalue weighted by Crippen LogP contribution is 2.23. The summed E-state index contributed by atoms with van der Waals surface area (Å²) in [6, 6.07) is 5.30. The molecular weight excluding hydrogens is 256 g/mol. The maximum absolute atomic E-state index is 12.3. The van der Waals surface area contributed by atoms with Gasteiger partial charge in [-0.25, -0.2) is 4.98 Å². The molecule has 2 saturated heterocycles. The lowest BCUT2D eigenvalue weighted by molar-refractivity contribution is -0.130. The number of amides is 2. The molecule has 6 nitrogen and oxygen atoms in total. The summed E-state index contributed by atoms with van der Waals surface area (Å²) in [5, 5.41) is 8.72. The zero-order valence-electron chi connectivity index (χ0n) is 11.0. The van der Waals surface area contributed by atoms with Crippen LogP contribution in [0.25, 0.3) is 0 Å². The SMILES string of the molecule is N#Cc1ccc(C(=O)N2CCN3C(=O)CCC3C2)nc1. The largest absolute Gasteiger partial charge is 0.336 e. The van der Waals surface area contributed by atoms with E-state index in [-0.39, 0.29) is 17.9 Å². The first-order chi connectivity index (χ1) is 9.69. The zero-order valence-corrected chi connectivity index (χ0v) is 11.0. The maximum atomic E-state index is 12.3. The summed E-state index contributed by atoms with van der Waals surface area (Å²) >= 11 is 0. The van der Waals surface area contributed by atoms with Gasteiger partial charge in [0.2, 0.25) is 5.91 Å². The van der Waals surface area contributed by atoms with Crippen molar-refractivity contribution in [2.45, 2.75) is 18.9 Å². The van der Waals surface area contributed by atoms with Crippen LogP contribution in [0.5, 0.6) is 0 Å². The fourth-order valence-electron chi connectivity index (χ4n) is 2.80. The van der Waals surface area contributed by atoms with Crippen LogP contribution in [0.1, 0.15) is 28.9 Å². The molecule has 1 unspecified atom stereocenters. The fraction of sp³-hybridized carbons (Fsp3) is 0.429. The quantitative estimate of drug-likeness (QED) is 0.740. The third kappa shape index (κ3) is 2.11. The molecule has 0 radical (unpaired) electrons. The number of pyridine rings is 1. The van der Waals surface area contributed by atoms with E-state index in [0.717, 1.165) is 6.42 Å². The summed E-state index contributed by atoms with van der Waals surface area (Å²) in [5.41, 5.74) is 0.787. The molecule has 3 heterocycles. The van der Waals surface area contributed by atoms with Crippen molar-refractivity contribution in [3.63, 3.8) is 0 Å². The number of aromatic nitrogens is 1. The van der Waals surface area contributed by atoms with Crippen LogP contribution in [0.3, 0.4) is 0 Å². The summed E-state index contributed by atoms with van der Waals surface area (Å²) in [4.78, 5) is 31.6. The molecule has 0 spiro atoms. The molecule has 3 rings (SSSR count). The van der Waals surface area contributed by atoms with Gasteiger partial charge in [-0.05, 0) is 18.6 Å². The van der Waals surface area contributed by atoms with Crippen molar-refractivity contribution in [3.05, 3.63) is 29.6 Å². The van der Waals surface area contributed by atoms with Gasteiger partial charge in [0.15, 0.2) is 0 Å². The van der Waals surface area contributed by atoms with Gasteiger partial charge in [0, 0.05) is 38.3 Å². The molecular formula is C14H14N4O2. The summed E-state index contributed by atoms with van der Waals surface area (Å²) in [7, 11) is 0. The Bertz CT molecular complexity index is 590. The van der Waals surface area contributed by atoms with Crippen molar-refractivity contribution in [1.82, 2.24) is 14.8 Å². The Hall–Kier alpha value is -2.42.